The van der Waals surface area contributed by atoms with Crippen LogP contribution in [0.25, 0.3) is 0 Å². The van der Waals surface area contributed by atoms with Crippen LogP contribution in [-0.2, 0) is 6.54 Å². The van der Waals surface area contributed by atoms with E-state index >= 15 is 0 Å². The predicted molar refractivity (Wildman–Crippen MR) is 66.1 cm³/mol. The highest BCUT2D eigenvalue weighted by atomic mass is 35.5. The Morgan fingerprint density at radius 2 is 2.29 bits per heavy atom. The van der Waals surface area contributed by atoms with Crippen LogP contribution in [0.15, 0.2) is 24.3 Å². The average Bonchev–Trinajstić information content (AvgIpc) is 2.61. The number of nitrogen functional groups attached to an aromatic ring is 1. The van der Waals surface area contributed by atoms with Gasteiger partial charge in [-0.3, -0.25) is 0 Å². The van der Waals surface area contributed by atoms with Crippen LogP contribution in [0, 0.1) is 6.92 Å². The first kappa shape index (κ1) is 11.7. The maximum absolute atomic E-state index is 5.85. The van der Waals surface area contributed by atoms with Gasteiger partial charge in [0.05, 0.1) is 12.2 Å². The Bertz CT molecular complexity index is 512. The zero-order valence-electron chi connectivity index (χ0n) is 9.43. The normalized spacial score (nSPS) is 10.5. The standard InChI is InChI=1S/C11H13ClN4O/c1-8-11(13)14-15-16(8)5-6-17-10-4-2-3-9(12)7-10/h2-4,7H,5-6,13H2,1H3. The van der Waals surface area contributed by atoms with Crippen LogP contribution in [0.1, 0.15) is 5.69 Å². The molecule has 0 aliphatic carbocycles. The van der Waals surface area contributed by atoms with E-state index in [1.807, 2.05) is 19.1 Å². The highest BCUT2D eigenvalue weighted by Gasteiger charge is 2.04. The number of hydrogen-bond acceptors (Lipinski definition) is 4. The first-order valence-corrected chi connectivity index (χ1v) is 5.58. The molecule has 0 bridgehead atoms. The molecular formula is C11H13ClN4O. The van der Waals surface area contributed by atoms with Crippen LogP contribution < -0.4 is 10.5 Å². The van der Waals surface area contributed by atoms with Crippen molar-refractivity contribution in [2.45, 2.75) is 13.5 Å². The Balaban J connectivity index is 1.90. The SMILES string of the molecule is Cc1c(N)nnn1CCOc1cccc(Cl)c1. The molecule has 5 nitrogen and oxygen atoms in total. The van der Waals surface area contributed by atoms with E-state index in [1.54, 1.807) is 16.8 Å². The molecule has 2 aromatic rings. The van der Waals surface area contributed by atoms with Crippen molar-refractivity contribution in [1.82, 2.24) is 15.0 Å². The largest absolute Gasteiger partial charge is 0.492 e. The fraction of sp³-hybridized carbons (Fsp3) is 0.273. The second-order valence-electron chi connectivity index (χ2n) is 3.59. The van der Waals surface area contributed by atoms with Crippen molar-refractivity contribution in [2.75, 3.05) is 12.3 Å². The lowest BCUT2D eigenvalue weighted by molar-refractivity contribution is 0.288. The summed E-state index contributed by atoms with van der Waals surface area (Å²) >= 11 is 5.85. The molecule has 0 saturated carbocycles. The van der Waals surface area contributed by atoms with Gasteiger partial charge < -0.3 is 10.5 Å². The molecule has 2 rings (SSSR count). The summed E-state index contributed by atoms with van der Waals surface area (Å²) in [5, 5.41) is 8.33. The number of nitrogens with two attached hydrogens (primary N) is 1. The van der Waals surface area contributed by atoms with E-state index in [0.29, 0.717) is 24.0 Å². The molecule has 1 heterocycles. The van der Waals surface area contributed by atoms with E-state index in [1.165, 1.54) is 0 Å². The zero-order valence-corrected chi connectivity index (χ0v) is 10.2. The molecule has 90 valence electrons. The molecule has 1 aromatic heterocycles. The van der Waals surface area contributed by atoms with Crippen LogP contribution >= 0.6 is 11.6 Å². The van der Waals surface area contributed by atoms with E-state index in [4.69, 9.17) is 22.1 Å². The van der Waals surface area contributed by atoms with Gasteiger partial charge in [0, 0.05) is 5.02 Å². The fourth-order valence-electron chi connectivity index (χ4n) is 1.39. The van der Waals surface area contributed by atoms with Crippen molar-refractivity contribution in [2.24, 2.45) is 0 Å². The third-order valence-corrected chi connectivity index (χ3v) is 2.62. The van der Waals surface area contributed by atoms with Crippen molar-refractivity contribution in [3.05, 3.63) is 35.0 Å². The van der Waals surface area contributed by atoms with Crippen molar-refractivity contribution >= 4 is 17.4 Å². The molecule has 0 unspecified atom stereocenters. The van der Waals surface area contributed by atoms with Gasteiger partial charge in [0.15, 0.2) is 5.82 Å². The summed E-state index contributed by atoms with van der Waals surface area (Å²) < 4.78 is 7.25. The maximum atomic E-state index is 5.85. The minimum atomic E-state index is 0.452. The summed E-state index contributed by atoms with van der Waals surface area (Å²) in [6.07, 6.45) is 0. The number of aromatic nitrogens is 3. The third kappa shape index (κ3) is 2.88. The summed E-state index contributed by atoms with van der Waals surface area (Å²) in [4.78, 5) is 0. The van der Waals surface area contributed by atoms with E-state index in [9.17, 15) is 0 Å². The Morgan fingerprint density at radius 1 is 1.47 bits per heavy atom. The first-order chi connectivity index (χ1) is 8.16. The van der Waals surface area contributed by atoms with Gasteiger partial charge >= 0.3 is 0 Å². The van der Waals surface area contributed by atoms with Gasteiger partial charge in [-0.2, -0.15) is 0 Å². The van der Waals surface area contributed by atoms with Crippen molar-refractivity contribution in [3.8, 4) is 5.75 Å². The molecule has 0 aliphatic rings. The van der Waals surface area contributed by atoms with Crippen molar-refractivity contribution in [3.63, 3.8) is 0 Å². The Labute approximate surface area is 104 Å². The van der Waals surface area contributed by atoms with Gasteiger partial charge in [0.25, 0.3) is 0 Å². The summed E-state index contributed by atoms with van der Waals surface area (Å²) in [5.74, 6) is 1.19. The van der Waals surface area contributed by atoms with Crippen LogP contribution in [0.5, 0.6) is 5.75 Å². The number of rotatable bonds is 4. The molecule has 0 aliphatic heterocycles. The molecule has 1 aromatic carbocycles. The lowest BCUT2D eigenvalue weighted by atomic mass is 10.3. The van der Waals surface area contributed by atoms with E-state index in [0.717, 1.165) is 11.4 Å². The Morgan fingerprint density at radius 3 is 2.94 bits per heavy atom. The van der Waals surface area contributed by atoms with Crippen LogP contribution in [0.3, 0.4) is 0 Å². The smallest absolute Gasteiger partial charge is 0.168 e. The van der Waals surface area contributed by atoms with Crippen LogP contribution in [0.4, 0.5) is 5.82 Å². The summed E-state index contributed by atoms with van der Waals surface area (Å²) in [7, 11) is 0. The van der Waals surface area contributed by atoms with E-state index in [-0.39, 0.29) is 0 Å². The lowest BCUT2D eigenvalue weighted by Gasteiger charge is -2.07. The topological polar surface area (TPSA) is 66.0 Å². The fourth-order valence-corrected chi connectivity index (χ4v) is 1.57. The number of halogens is 1. The second kappa shape index (κ2) is 5.05. The van der Waals surface area contributed by atoms with Gasteiger partial charge in [-0.05, 0) is 25.1 Å². The summed E-state index contributed by atoms with van der Waals surface area (Å²) in [6, 6.07) is 7.27. The third-order valence-electron chi connectivity index (χ3n) is 2.39. The predicted octanol–water partition coefficient (Wildman–Crippen LogP) is 1.90. The molecule has 6 heteroatoms. The Kier molecular flexibility index (Phi) is 3.49. The zero-order chi connectivity index (χ0) is 12.3. The van der Waals surface area contributed by atoms with E-state index < -0.39 is 0 Å². The van der Waals surface area contributed by atoms with Crippen molar-refractivity contribution in [1.29, 1.82) is 0 Å². The summed E-state index contributed by atoms with van der Waals surface area (Å²) in [5.41, 5.74) is 6.44. The van der Waals surface area contributed by atoms with E-state index in [2.05, 4.69) is 10.3 Å². The van der Waals surface area contributed by atoms with Gasteiger partial charge in [-0.1, -0.05) is 22.9 Å². The van der Waals surface area contributed by atoms with Gasteiger partial charge in [-0.15, -0.1) is 5.10 Å². The molecule has 0 atom stereocenters. The maximum Gasteiger partial charge on any atom is 0.168 e. The molecule has 17 heavy (non-hydrogen) atoms. The number of benzene rings is 1. The minimum absolute atomic E-state index is 0.452. The van der Waals surface area contributed by atoms with Crippen molar-refractivity contribution < 1.29 is 4.74 Å². The molecule has 0 spiro atoms. The molecule has 0 radical (unpaired) electrons. The van der Waals surface area contributed by atoms with Gasteiger partial charge in [-0.25, -0.2) is 4.68 Å². The number of nitrogens with zero attached hydrogens (tertiary/aromatic N) is 3. The highest BCUT2D eigenvalue weighted by molar-refractivity contribution is 6.30. The average molecular weight is 253 g/mol. The minimum Gasteiger partial charge on any atom is -0.492 e. The molecular weight excluding hydrogens is 240 g/mol. The Hall–Kier alpha value is -1.75. The molecule has 0 fully saturated rings. The quantitative estimate of drug-likeness (QED) is 0.903. The second-order valence-corrected chi connectivity index (χ2v) is 4.03. The van der Waals surface area contributed by atoms with Gasteiger partial charge in [0.2, 0.25) is 0 Å². The molecule has 0 saturated heterocycles. The summed E-state index contributed by atoms with van der Waals surface area (Å²) in [6.45, 7) is 2.96. The highest BCUT2D eigenvalue weighted by Crippen LogP contribution is 2.17. The molecule has 0 amide bonds. The lowest BCUT2D eigenvalue weighted by Crippen LogP contribution is -2.11. The first-order valence-electron chi connectivity index (χ1n) is 5.21. The molecule has 2 N–H and O–H groups in total. The number of anilines is 1. The number of hydrogen-bond donors (Lipinski definition) is 1. The number of ether oxygens (including phenoxy) is 1. The van der Waals surface area contributed by atoms with Crippen LogP contribution in [0.2, 0.25) is 5.02 Å². The monoisotopic (exact) mass is 252 g/mol. The van der Waals surface area contributed by atoms with Crippen LogP contribution in [-0.4, -0.2) is 21.6 Å². The van der Waals surface area contributed by atoms with Gasteiger partial charge in [0.1, 0.15) is 12.4 Å².